The molecule has 3 heterocycles. The Morgan fingerprint density at radius 3 is 2.73 bits per heavy atom. The molecule has 1 aromatic carbocycles. The van der Waals surface area contributed by atoms with E-state index >= 15 is 0 Å². The van der Waals surface area contributed by atoms with Crippen LogP contribution in [0.15, 0.2) is 41.1 Å². The number of rotatable bonds is 4. The van der Waals surface area contributed by atoms with Gasteiger partial charge in [-0.1, -0.05) is 19.1 Å². The predicted molar refractivity (Wildman–Crippen MR) is 103 cm³/mol. The molecular weight excluding hydrogens is 391 g/mol. The lowest BCUT2D eigenvalue weighted by Gasteiger charge is -2.20. The van der Waals surface area contributed by atoms with Gasteiger partial charge in [-0.25, -0.2) is 9.37 Å². The maximum Gasteiger partial charge on any atom is 0.309 e. The second-order valence-corrected chi connectivity index (χ2v) is 7.13. The Balaban J connectivity index is 1.47. The largest absolute Gasteiger partial charge is 0.417 e. The summed E-state index contributed by atoms with van der Waals surface area (Å²) in [5.74, 6) is -0.933. The van der Waals surface area contributed by atoms with E-state index in [1.807, 2.05) is 6.92 Å². The highest BCUT2D eigenvalue weighted by Gasteiger charge is 2.35. The number of benzene rings is 1. The Morgan fingerprint density at radius 2 is 1.97 bits per heavy atom. The third-order valence-electron chi connectivity index (χ3n) is 4.94. The number of hydrogen-bond acceptors (Lipinski definition) is 7. The summed E-state index contributed by atoms with van der Waals surface area (Å²) in [7, 11) is 1.60. The summed E-state index contributed by atoms with van der Waals surface area (Å²) in [6.07, 6.45) is 3.72. The maximum atomic E-state index is 13.0. The van der Waals surface area contributed by atoms with Crippen LogP contribution in [0.25, 0.3) is 0 Å². The van der Waals surface area contributed by atoms with Crippen LogP contribution in [0.3, 0.4) is 0 Å². The van der Waals surface area contributed by atoms with Crippen LogP contribution < -0.4 is 10.2 Å². The monoisotopic (exact) mass is 410 g/mol. The third kappa shape index (κ3) is 3.88. The van der Waals surface area contributed by atoms with Crippen LogP contribution in [0.4, 0.5) is 10.2 Å². The third-order valence-corrected chi connectivity index (χ3v) is 4.94. The van der Waals surface area contributed by atoms with Gasteiger partial charge in [0.15, 0.2) is 5.82 Å². The molecule has 2 atom stereocenters. The summed E-state index contributed by atoms with van der Waals surface area (Å²) in [4.78, 5) is 35.4. The van der Waals surface area contributed by atoms with Crippen LogP contribution in [0.5, 0.6) is 0 Å². The number of nitrogens with zero attached hydrogens (tertiary/aromatic N) is 5. The van der Waals surface area contributed by atoms with E-state index < -0.39 is 11.9 Å². The molecule has 0 fully saturated rings. The van der Waals surface area contributed by atoms with Gasteiger partial charge in [-0.15, -0.1) is 10.2 Å². The van der Waals surface area contributed by atoms with Crippen molar-refractivity contribution in [3.8, 4) is 0 Å². The lowest BCUT2D eigenvalue weighted by atomic mass is 9.99. The quantitative estimate of drug-likeness (QED) is 0.698. The van der Waals surface area contributed by atoms with Gasteiger partial charge in [0.05, 0.1) is 12.1 Å². The normalized spacial score (nSPS) is 18.6. The number of halogens is 1. The molecular formula is C20H19FN6O3. The SMILES string of the molecule is C[C@H]1C[C@@H](NC(=O)c2nnc(Cc3ccc(F)cc3)o2)C(=O)N(C)c2nccnc21. The smallest absolute Gasteiger partial charge is 0.309 e. The van der Waals surface area contributed by atoms with Crippen LogP contribution >= 0.6 is 0 Å². The Labute approximate surface area is 171 Å². The molecule has 1 aliphatic rings. The fraction of sp³-hybridized carbons (Fsp3) is 0.300. The van der Waals surface area contributed by atoms with Gasteiger partial charge in [0.1, 0.15) is 11.9 Å². The van der Waals surface area contributed by atoms with Gasteiger partial charge in [-0.3, -0.25) is 19.5 Å². The molecule has 3 aromatic rings. The highest BCUT2D eigenvalue weighted by atomic mass is 19.1. The molecule has 10 heteroatoms. The summed E-state index contributed by atoms with van der Waals surface area (Å²) < 4.78 is 18.4. The minimum atomic E-state index is -0.791. The van der Waals surface area contributed by atoms with Gasteiger partial charge in [-0.2, -0.15) is 0 Å². The first-order chi connectivity index (χ1) is 14.4. The molecule has 30 heavy (non-hydrogen) atoms. The van der Waals surface area contributed by atoms with Crippen molar-refractivity contribution in [3.05, 3.63) is 65.5 Å². The van der Waals surface area contributed by atoms with Crippen LogP contribution in [0, 0.1) is 5.82 Å². The molecule has 0 saturated carbocycles. The van der Waals surface area contributed by atoms with Crippen LogP contribution in [-0.2, 0) is 11.2 Å². The van der Waals surface area contributed by atoms with Crippen molar-refractivity contribution in [2.24, 2.45) is 0 Å². The van der Waals surface area contributed by atoms with E-state index in [-0.39, 0.29) is 35.8 Å². The number of fused-ring (bicyclic) bond motifs is 1. The molecule has 9 nitrogen and oxygen atoms in total. The maximum absolute atomic E-state index is 13.0. The van der Waals surface area contributed by atoms with Gasteiger partial charge in [0.2, 0.25) is 5.89 Å². The van der Waals surface area contributed by atoms with Crippen LogP contribution in [-0.4, -0.2) is 45.1 Å². The summed E-state index contributed by atoms with van der Waals surface area (Å²) in [5.41, 5.74) is 1.46. The number of anilines is 1. The highest BCUT2D eigenvalue weighted by Crippen LogP contribution is 2.30. The molecule has 0 unspecified atom stereocenters. The number of carbonyl (C=O) groups is 2. The fourth-order valence-electron chi connectivity index (χ4n) is 3.39. The Hall–Kier alpha value is -3.69. The van der Waals surface area contributed by atoms with Crippen LogP contribution in [0.2, 0.25) is 0 Å². The van der Waals surface area contributed by atoms with Crippen molar-refractivity contribution >= 4 is 17.6 Å². The first kappa shape index (κ1) is 19.6. The number of aromatic nitrogens is 4. The van der Waals surface area contributed by atoms with Gasteiger partial charge in [0.25, 0.3) is 5.91 Å². The first-order valence-corrected chi connectivity index (χ1v) is 9.38. The Morgan fingerprint density at radius 1 is 1.23 bits per heavy atom. The average molecular weight is 410 g/mol. The zero-order valence-corrected chi connectivity index (χ0v) is 16.4. The number of likely N-dealkylation sites (N-methyl/N-ethyl adjacent to an activating group) is 1. The van der Waals surface area contributed by atoms with Gasteiger partial charge >= 0.3 is 11.8 Å². The molecule has 1 aliphatic heterocycles. The van der Waals surface area contributed by atoms with E-state index in [9.17, 15) is 14.0 Å². The predicted octanol–water partition coefficient (Wildman–Crippen LogP) is 1.86. The molecule has 0 saturated heterocycles. The molecule has 0 radical (unpaired) electrons. The van der Waals surface area contributed by atoms with E-state index in [0.717, 1.165) is 5.56 Å². The summed E-state index contributed by atoms with van der Waals surface area (Å²) in [5, 5.41) is 10.3. The van der Waals surface area contributed by atoms with Crippen molar-refractivity contribution in [1.29, 1.82) is 0 Å². The second-order valence-electron chi connectivity index (χ2n) is 7.13. The molecule has 2 amide bonds. The van der Waals surface area contributed by atoms with Gasteiger partial charge in [0, 0.05) is 25.4 Å². The average Bonchev–Trinajstić information content (AvgIpc) is 3.19. The molecule has 4 rings (SSSR count). The minimum absolute atomic E-state index is 0.0929. The second kappa shape index (κ2) is 7.97. The number of hydrogen-bond donors (Lipinski definition) is 1. The van der Waals surface area contributed by atoms with Crippen molar-refractivity contribution in [1.82, 2.24) is 25.5 Å². The summed E-state index contributed by atoms with van der Waals surface area (Å²) >= 11 is 0. The number of amides is 2. The Kier molecular flexibility index (Phi) is 5.21. The van der Waals surface area contributed by atoms with Gasteiger partial charge < -0.3 is 9.73 Å². The Bertz CT molecular complexity index is 1080. The van der Waals surface area contributed by atoms with E-state index in [2.05, 4.69) is 25.5 Å². The minimum Gasteiger partial charge on any atom is -0.417 e. The van der Waals surface area contributed by atoms with Crippen molar-refractivity contribution in [3.63, 3.8) is 0 Å². The fourth-order valence-corrected chi connectivity index (χ4v) is 3.39. The zero-order valence-electron chi connectivity index (χ0n) is 16.4. The lowest BCUT2D eigenvalue weighted by Crippen LogP contribution is -2.47. The first-order valence-electron chi connectivity index (χ1n) is 9.38. The lowest BCUT2D eigenvalue weighted by molar-refractivity contribution is -0.120. The number of carbonyl (C=O) groups excluding carboxylic acids is 2. The number of nitrogens with one attached hydrogen (secondary N) is 1. The summed E-state index contributed by atoms with van der Waals surface area (Å²) in [6, 6.07) is 5.06. The molecule has 0 aliphatic carbocycles. The topological polar surface area (TPSA) is 114 Å². The van der Waals surface area contributed by atoms with Crippen LogP contribution in [0.1, 0.15) is 47.1 Å². The van der Waals surface area contributed by atoms with Crippen molar-refractivity contribution in [2.75, 3.05) is 11.9 Å². The molecule has 2 aromatic heterocycles. The standard InChI is InChI=1S/C20H19FN6O3/c1-11-9-14(20(29)27(2)17-16(11)22-7-8-23-17)24-18(28)19-26-25-15(30-19)10-12-3-5-13(21)6-4-12/h3-8,11,14H,9-10H2,1-2H3,(H,24,28)/t11-,14+/m0/s1. The van der Waals surface area contributed by atoms with E-state index in [4.69, 9.17) is 4.42 Å². The molecule has 1 N–H and O–H groups in total. The molecule has 154 valence electrons. The van der Waals surface area contributed by atoms with Crippen molar-refractivity contribution in [2.45, 2.75) is 31.7 Å². The molecule has 0 spiro atoms. The van der Waals surface area contributed by atoms with Gasteiger partial charge in [-0.05, 0) is 24.1 Å². The van der Waals surface area contributed by atoms with E-state index in [0.29, 0.717) is 17.9 Å². The van der Waals surface area contributed by atoms with Crippen molar-refractivity contribution < 1.29 is 18.4 Å². The van der Waals surface area contributed by atoms with E-state index in [1.165, 1.54) is 23.2 Å². The zero-order chi connectivity index (χ0) is 21.3. The molecule has 0 bridgehead atoms. The highest BCUT2D eigenvalue weighted by molar-refractivity contribution is 6.01. The summed E-state index contributed by atoms with van der Waals surface area (Å²) in [6.45, 7) is 1.92. The van der Waals surface area contributed by atoms with E-state index in [1.54, 1.807) is 25.4 Å².